The first kappa shape index (κ1) is 14.7. The molecule has 2 aromatic rings. The molecule has 0 saturated carbocycles. The Morgan fingerprint density at radius 2 is 2.10 bits per heavy atom. The summed E-state index contributed by atoms with van der Waals surface area (Å²) in [6.07, 6.45) is 6.98. The number of carbonyl (C=O) groups excluding carboxylic acids is 1. The highest BCUT2D eigenvalue weighted by molar-refractivity contribution is 5.87. The second kappa shape index (κ2) is 6.65. The van der Waals surface area contributed by atoms with E-state index in [0.29, 0.717) is 5.69 Å². The molecule has 0 bridgehead atoms. The fourth-order valence-electron chi connectivity index (χ4n) is 1.99. The van der Waals surface area contributed by atoms with Crippen LogP contribution in [0.1, 0.15) is 19.5 Å². The van der Waals surface area contributed by atoms with Crippen molar-refractivity contribution in [2.75, 3.05) is 5.32 Å². The van der Waals surface area contributed by atoms with Gasteiger partial charge in [0.1, 0.15) is 5.69 Å². The zero-order valence-electron chi connectivity index (χ0n) is 12.0. The van der Waals surface area contributed by atoms with Gasteiger partial charge in [0.25, 0.3) is 5.56 Å². The topological polar surface area (TPSA) is 74.8 Å². The summed E-state index contributed by atoms with van der Waals surface area (Å²) >= 11 is 0. The van der Waals surface area contributed by atoms with E-state index in [0.717, 1.165) is 23.2 Å². The molecule has 5 nitrogen and oxygen atoms in total. The Morgan fingerprint density at radius 1 is 1.38 bits per heavy atom. The van der Waals surface area contributed by atoms with Crippen molar-refractivity contribution in [3.8, 4) is 11.1 Å². The standard InChI is InChI=1S/C16H17N3O2/c1-3-14-13(12-5-7-17-8-6-12)10-15(16(21)19-14)18-9-4-11(2)20/h4-10,18H,3H2,1-2H3,(H,19,21)/b9-4+. The summed E-state index contributed by atoms with van der Waals surface area (Å²) in [7, 11) is 0. The molecule has 0 saturated heterocycles. The third-order valence-electron chi connectivity index (χ3n) is 3.02. The van der Waals surface area contributed by atoms with Crippen LogP contribution < -0.4 is 10.9 Å². The van der Waals surface area contributed by atoms with E-state index >= 15 is 0 Å². The second-order valence-electron chi connectivity index (χ2n) is 4.58. The smallest absolute Gasteiger partial charge is 0.271 e. The predicted octanol–water partition coefficient (Wildman–Crippen LogP) is 2.51. The summed E-state index contributed by atoms with van der Waals surface area (Å²) in [4.78, 5) is 29.8. The third-order valence-corrected chi connectivity index (χ3v) is 3.02. The van der Waals surface area contributed by atoms with E-state index in [1.165, 1.54) is 19.2 Å². The van der Waals surface area contributed by atoms with Crippen molar-refractivity contribution in [3.05, 3.63) is 58.9 Å². The molecule has 0 aliphatic rings. The van der Waals surface area contributed by atoms with Gasteiger partial charge in [-0.2, -0.15) is 0 Å². The fraction of sp³-hybridized carbons (Fsp3) is 0.188. The van der Waals surface area contributed by atoms with Crippen LogP contribution >= 0.6 is 0 Å². The summed E-state index contributed by atoms with van der Waals surface area (Å²) in [5.74, 6) is -0.0848. The lowest BCUT2D eigenvalue weighted by Crippen LogP contribution is -2.14. The number of rotatable bonds is 5. The lowest BCUT2D eigenvalue weighted by molar-refractivity contribution is -0.112. The van der Waals surface area contributed by atoms with Gasteiger partial charge in [-0.3, -0.25) is 14.6 Å². The summed E-state index contributed by atoms with van der Waals surface area (Å²) < 4.78 is 0. The van der Waals surface area contributed by atoms with Crippen molar-refractivity contribution in [3.63, 3.8) is 0 Å². The number of allylic oxidation sites excluding steroid dienone is 1. The molecule has 0 spiro atoms. The number of pyridine rings is 2. The summed E-state index contributed by atoms with van der Waals surface area (Å²) in [5.41, 5.74) is 2.98. The number of nitrogens with zero attached hydrogens (tertiary/aromatic N) is 1. The van der Waals surface area contributed by atoms with Gasteiger partial charge in [0.05, 0.1) is 0 Å². The van der Waals surface area contributed by atoms with E-state index in [9.17, 15) is 9.59 Å². The Bertz CT molecular complexity index is 718. The van der Waals surface area contributed by atoms with Gasteiger partial charge in [0.15, 0.2) is 5.78 Å². The minimum atomic E-state index is -0.210. The molecule has 2 aromatic heterocycles. The van der Waals surface area contributed by atoms with Gasteiger partial charge in [-0.05, 0) is 43.2 Å². The number of H-pyrrole nitrogens is 1. The Hall–Kier alpha value is -2.69. The van der Waals surface area contributed by atoms with Crippen LogP contribution in [0.15, 0.2) is 47.7 Å². The zero-order chi connectivity index (χ0) is 15.2. The maximum atomic E-state index is 12.0. The average Bonchev–Trinajstić information content (AvgIpc) is 2.49. The number of aromatic amines is 1. The molecule has 21 heavy (non-hydrogen) atoms. The fourth-order valence-corrected chi connectivity index (χ4v) is 1.99. The molecule has 0 fully saturated rings. The Morgan fingerprint density at radius 3 is 2.71 bits per heavy atom. The summed E-state index contributed by atoms with van der Waals surface area (Å²) in [5, 5.41) is 2.84. The van der Waals surface area contributed by atoms with Crippen molar-refractivity contribution < 1.29 is 4.79 Å². The van der Waals surface area contributed by atoms with Gasteiger partial charge in [0, 0.05) is 29.9 Å². The first-order chi connectivity index (χ1) is 10.1. The molecule has 108 valence electrons. The number of anilines is 1. The lowest BCUT2D eigenvalue weighted by Gasteiger charge is -2.10. The molecular formula is C16H17N3O2. The van der Waals surface area contributed by atoms with Gasteiger partial charge < -0.3 is 10.3 Å². The SMILES string of the molecule is CCc1[nH]c(=O)c(N/C=C/C(C)=O)cc1-c1ccncc1. The van der Waals surface area contributed by atoms with Crippen LogP contribution in [-0.4, -0.2) is 15.8 Å². The first-order valence-electron chi connectivity index (χ1n) is 6.72. The quantitative estimate of drug-likeness (QED) is 0.827. The van der Waals surface area contributed by atoms with Crippen molar-refractivity contribution in [1.29, 1.82) is 0 Å². The van der Waals surface area contributed by atoms with Crippen LogP contribution in [0.5, 0.6) is 0 Å². The Balaban J connectivity index is 2.45. The zero-order valence-corrected chi connectivity index (χ0v) is 12.0. The highest BCUT2D eigenvalue weighted by Gasteiger charge is 2.08. The van der Waals surface area contributed by atoms with Crippen LogP contribution in [0.3, 0.4) is 0 Å². The van der Waals surface area contributed by atoms with Gasteiger partial charge in [-0.1, -0.05) is 6.92 Å². The maximum Gasteiger partial charge on any atom is 0.271 e. The Labute approximate surface area is 122 Å². The minimum Gasteiger partial charge on any atom is -0.357 e. The summed E-state index contributed by atoms with van der Waals surface area (Å²) in [6, 6.07) is 5.57. The molecule has 0 atom stereocenters. The van der Waals surface area contributed by atoms with Gasteiger partial charge in [-0.15, -0.1) is 0 Å². The average molecular weight is 283 g/mol. The number of aromatic nitrogens is 2. The molecule has 0 aliphatic heterocycles. The molecule has 0 radical (unpaired) electrons. The van der Waals surface area contributed by atoms with E-state index in [1.54, 1.807) is 18.5 Å². The Kier molecular flexibility index (Phi) is 4.66. The molecule has 0 unspecified atom stereocenters. The number of carbonyl (C=O) groups is 1. The maximum absolute atomic E-state index is 12.0. The normalized spacial score (nSPS) is 10.8. The third kappa shape index (κ3) is 3.66. The number of hydrogen-bond donors (Lipinski definition) is 2. The van der Waals surface area contributed by atoms with Crippen molar-refractivity contribution >= 4 is 11.5 Å². The first-order valence-corrected chi connectivity index (χ1v) is 6.72. The van der Waals surface area contributed by atoms with E-state index in [4.69, 9.17) is 0 Å². The summed E-state index contributed by atoms with van der Waals surface area (Å²) in [6.45, 7) is 3.43. The number of nitrogens with one attached hydrogen (secondary N) is 2. The van der Waals surface area contributed by atoms with Gasteiger partial charge in [-0.25, -0.2) is 0 Å². The molecule has 0 aromatic carbocycles. The van der Waals surface area contributed by atoms with E-state index in [2.05, 4.69) is 15.3 Å². The highest BCUT2D eigenvalue weighted by Crippen LogP contribution is 2.23. The lowest BCUT2D eigenvalue weighted by atomic mass is 10.0. The monoisotopic (exact) mass is 283 g/mol. The van der Waals surface area contributed by atoms with Gasteiger partial charge >= 0.3 is 0 Å². The number of hydrogen-bond acceptors (Lipinski definition) is 4. The number of ketones is 1. The largest absolute Gasteiger partial charge is 0.357 e. The van der Waals surface area contributed by atoms with Crippen LogP contribution in [-0.2, 0) is 11.2 Å². The molecule has 2 N–H and O–H groups in total. The second-order valence-corrected chi connectivity index (χ2v) is 4.58. The molecule has 2 rings (SSSR count). The molecule has 0 amide bonds. The van der Waals surface area contributed by atoms with E-state index in [-0.39, 0.29) is 11.3 Å². The molecular weight excluding hydrogens is 266 g/mol. The molecule has 2 heterocycles. The molecule has 0 aliphatic carbocycles. The predicted molar refractivity (Wildman–Crippen MR) is 83.1 cm³/mol. The highest BCUT2D eigenvalue weighted by atomic mass is 16.1. The van der Waals surface area contributed by atoms with Crippen LogP contribution in [0.4, 0.5) is 5.69 Å². The van der Waals surface area contributed by atoms with Crippen molar-refractivity contribution in [1.82, 2.24) is 9.97 Å². The van der Waals surface area contributed by atoms with E-state index in [1.807, 2.05) is 19.1 Å². The van der Waals surface area contributed by atoms with Crippen LogP contribution in [0.25, 0.3) is 11.1 Å². The van der Waals surface area contributed by atoms with Gasteiger partial charge in [0.2, 0.25) is 0 Å². The van der Waals surface area contributed by atoms with E-state index < -0.39 is 0 Å². The number of aryl methyl sites for hydroxylation is 1. The minimum absolute atomic E-state index is 0.0848. The van der Waals surface area contributed by atoms with Crippen molar-refractivity contribution in [2.24, 2.45) is 0 Å². The van der Waals surface area contributed by atoms with Crippen LogP contribution in [0.2, 0.25) is 0 Å². The van der Waals surface area contributed by atoms with Crippen molar-refractivity contribution in [2.45, 2.75) is 20.3 Å². The molecule has 5 heteroatoms. The van der Waals surface area contributed by atoms with Crippen LogP contribution in [0, 0.1) is 0 Å².